The zero-order chi connectivity index (χ0) is 10.7. The fraction of sp³-hybridized carbons (Fsp3) is 0.111. The summed E-state index contributed by atoms with van der Waals surface area (Å²) in [5.41, 5.74) is 6.44. The first kappa shape index (κ1) is 10.2. The van der Waals surface area contributed by atoms with Crippen LogP contribution in [0.1, 0.15) is 11.5 Å². The lowest BCUT2D eigenvalue weighted by molar-refractivity contribution is -0.142. The summed E-state index contributed by atoms with van der Waals surface area (Å²) >= 11 is 0. The van der Waals surface area contributed by atoms with Crippen LogP contribution in [0.15, 0.2) is 24.3 Å². The Hall–Kier alpha value is -1.91. The van der Waals surface area contributed by atoms with Crippen LogP contribution in [0.2, 0.25) is 0 Å². The number of carbonyl (C=O) groups is 2. The van der Waals surface area contributed by atoms with Crippen LogP contribution < -0.4 is 5.73 Å². The van der Waals surface area contributed by atoms with Crippen molar-refractivity contribution in [1.82, 2.24) is 5.73 Å². The van der Waals surface area contributed by atoms with Crippen LogP contribution in [-0.4, -0.2) is 17.0 Å². The molecule has 73 valence electrons. The van der Waals surface area contributed by atoms with Crippen LogP contribution in [0.4, 0.5) is 4.39 Å². The minimum atomic E-state index is -1.74. The van der Waals surface area contributed by atoms with Crippen LogP contribution in [0, 0.1) is 5.82 Å². The minimum absolute atomic E-state index is 0.278. The van der Waals surface area contributed by atoms with Gasteiger partial charge in [-0.25, -0.2) is 4.39 Å². The van der Waals surface area contributed by atoms with Gasteiger partial charge in [0.1, 0.15) is 5.82 Å². The summed E-state index contributed by atoms with van der Waals surface area (Å²) in [6.07, 6.45) is 0. The molecular weight excluding hydrogens is 189 g/mol. The molecule has 1 atom stereocenters. The summed E-state index contributed by atoms with van der Waals surface area (Å²) in [6, 6.07) is 5.03. The third kappa shape index (κ3) is 1.87. The Kier molecular flexibility index (Phi) is 2.81. The van der Waals surface area contributed by atoms with Crippen molar-refractivity contribution in [1.29, 1.82) is 0 Å². The van der Waals surface area contributed by atoms with Crippen LogP contribution >= 0.6 is 0 Å². The lowest BCUT2D eigenvalue weighted by Crippen LogP contribution is -2.23. The van der Waals surface area contributed by atoms with E-state index in [4.69, 9.17) is 10.8 Å². The van der Waals surface area contributed by atoms with Crippen LogP contribution in [0.3, 0.4) is 0 Å². The van der Waals surface area contributed by atoms with Gasteiger partial charge in [0.25, 0.3) is 5.91 Å². The molecule has 1 rings (SSSR count). The second-order valence-electron chi connectivity index (χ2n) is 2.66. The molecule has 14 heavy (non-hydrogen) atoms. The predicted octanol–water partition coefficient (Wildman–Crippen LogP) is 0.803. The van der Waals surface area contributed by atoms with E-state index >= 15 is 0 Å². The molecule has 0 aliphatic heterocycles. The van der Waals surface area contributed by atoms with Gasteiger partial charge in [0.05, 0.1) is 0 Å². The maximum Gasteiger partial charge on any atom is 0.320 e. The largest absolute Gasteiger partial charge is 0.480 e. The Morgan fingerprint density at radius 3 is 2.36 bits per heavy atom. The molecule has 0 saturated heterocycles. The normalized spacial score (nSPS) is 12.1. The number of nitrogens with one attached hydrogen (secondary N) is 1. The SMILES string of the molecule is [NH]C(=O)C(C(=O)O)c1ccccc1F. The van der Waals surface area contributed by atoms with Gasteiger partial charge < -0.3 is 5.11 Å². The summed E-state index contributed by atoms with van der Waals surface area (Å²) in [4.78, 5) is 21.2. The van der Waals surface area contributed by atoms with Gasteiger partial charge in [0.2, 0.25) is 0 Å². The van der Waals surface area contributed by atoms with E-state index in [0.717, 1.165) is 6.07 Å². The Balaban J connectivity index is 3.18. The summed E-state index contributed by atoms with van der Waals surface area (Å²) in [7, 11) is 0. The molecule has 0 fully saturated rings. The molecule has 0 aliphatic rings. The monoisotopic (exact) mass is 196 g/mol. The molecule has 5 heteroatoms. The second kappa shape index (κ2) is 3.87. The molecule has 2 N–H and O–H groups in total. The van der Waals surface area contributed by atoms with Gasteiger partial charge in [-0.05, 0) is 6.07 Å². The quantitative estimate of drug-likeness (QED) is 0.726. The zero-order valence-electron chi connectivity index (χ0n) is 7.03. The highest BCUT2D eigenvalue weighted by Crippen LogP contribution is 2.19. The molecular formula is C9H7FNO3. The molecule has 1 amide bonds. The molecule has 1 aromatic carbocycles. The second-order valence-corrected chi connectivity index (χ2v) is 2.66. The van der Waals surface area contributed by atoms with Crippen molar-refractivity contribution in [2.24, 2.45) is 0 Å². The average molecular weight is 196 g/mol. The predicted molar refractivity (Wildman–Crippen MR) is 44.9 cm³/mol. The number of hydrogen-bond acceptors (Lipinski definition) is 2. The van der Waals surface area contributed by atoms with Crippen molar-refractivity contribution in [3.63, 3.8) is 0 Å². The van der Waals surface area contributed by atoms with Gasteiger partial charge in [-0.15, -0.1) is 0 Å². The molecule has 0 spiro atoms. The summed E-state index contributed by atoms with van der Waals surface area (Å²) < 4.78 is 13.1. The van der Waals surface area contributed by atoms with E-state index in [-0.39, 0.29) is 5.56 Å². The standard InChI is InChI=1S/C9H7FNO3/c10-6-4-2-1-3-5(6)7(8(11)12)9(13)14/h1-4,7,11H,(H,13,14). The van der Waals surface area contributed by atoms with Crippen molar-refractivity contribution in [2.75, 3.05) is 0 Å². The number of benzene rings is 1. The highest BCUT2D eigenvalue weighted by molar-refractivity contribution is 6.01. The number of carboxylic acid groups (broad SMARTS) is 1. The van der Waals surface area contributed by atoms with Crippen molar-refractivity contribution >= 4 is 11.9 Å². The van der Waals surface area contributed by atoms with Gasteiger partial charge in [-0.1, -0.05) is 18.2 Å². The maximum absolute atomic E-state index is 13.1. The topological polar surface area (TPSA) is 78.2 Å². The number of amides is 1. The van der Waals surface area contributed by atoms with Gasteiger partial charge in [0.15, 0.2) is 5.92 Å². The smallest absolute Gasteiger partial charge is 0.320 e. The third-order valence-corrected chi connectivity index (χ3v) is 1.73. The summed E-state index contributed by atoms with van der Waals surface area (Å²) in [5, 5.41) is 8.61. The van der Waals surface area contributed by atoms with Gasteiger partial charge >= 0.3 is 5.97 Å². The molecule has 1 radical (unpaired) electrons. The number of carbonyl (C=O) groups excluding carboxylic acids is 1. The fourth-order valence-corrected chi connectivity index (χ4v) is 1.10. The van der Waals surface area contributed by atoms with Gasteiger partial charge in [0, 0.05) is 5.56 Å². The highest BCUT2D eigenvalue weighted by atomic mass is 19.1. The first-order valence-electron chi connectivity index (χ1n) is 3.76. The van der Waals surface area contributed by atoms with Crippen molar-refractivity contribution in [2.45, 2.75) is 5.92 Å². The molecule has 0 aliphatic carbocycles. The van der Waals surface area contributed by atoms with Crippen molar-refractivity contribution in [3.05, 3.63) is 35.6 Å². The first-order valence-corrected chi connectivity index (χ1v) is 3.76. The van der Waals surface area contributed by atoms with Gasteiger partial charge in [-0.2, -0.15) is 0 Å². The number of rotatable bonds is 3. The minimum Gasteiger partial charge on any atom is -0.480 e. The molecule has 1 aromatic rings. The molecule has 0 heterocycles. The lowest BCUT2D eigenvalue weighted by atomic mass is 9.98. The zero-order valence-corrected chi connectivity index (χ0v) is 7.03. The lowest BCUT2D eigenvalue weighted by Gasteiger charge is -2.08. The van der Waals surface area contributed by atoms with E-state index < -0.39 is 23.6 Å². The fourth-order valence-electron chi connectivity index (χ4n) is 1.10. The number of carboxylic acids is 1. The molecule has 4 nitrogen and oxygen atoms in total. The molecule has 1 unspecified atom stereocenters. The van der Waals surface area contributed by atoms with E-state index in [1.807, 2.05) is 0 Å². The van der Waals surface area contributed by atoms with Crippen molar-refractivity contribution in [3.8, 4) is 0 Å². The van der Waals surface area contributed by atoms with Crippen LogP contribution in [-0.2, 0) is 9.59 Å². The molecule has 0 saturated carbocycles. The number of halogens is 1. The van der Waals surface area contributed by atoms with E-state index in [0.29, 0.717) is 0 Å². The Bertz CT molecular complexity index is 364. The van der Waals surface area contributed by atoms with Crippen molar-refractivity contribution < 1.29 is 19.1 Å². The van der Waals surface area contributed by atoms with E-state index in [9.17, 15) is 14.0 Å². The maximum atomic E-state index is 13.1. The Morgan fingerprint density at radius 1 is 1.36 bits per heavy atom. The van der Waals surface area contributed by atoms with E-state index in [1.165, 1.54) is 18.2 Å². The first-order chi connectivity index (χ1) is 6.54. The molecule has 0 bridgehead atoms. The Labute approximate surface area is 79.1 Å². The highest BCUT2D eigenvalue weighted by Gasteiger charge is 2.28. The van der Waals surface area contributed by atoms with E-state index in [1.54, 1.807) is 0 Å². The number of aliphatic carboxylic acids is 1. The summed E-state index contributed by atoms with van der Waals surface area (Å²) in [5.74, 6) is -5.38. The third-order valence-electron chi connectivity index (χ3n) is 1.73. The number of hydrogen-bond donors (Lipinski definition) is 1. The molecule has 0 aromatic heterocycles. The van der Waals surface area contributed by atoms with Gasteiger partial charge in [-0.3, -0.25) is 15.3 Å². The van der Waals surface area contributed by atoms with Crippen LogP contribution in [0.5, 0.6) is 0 Å². The summed E-state index contributed by atoms with van der Waals surface area (Å²) in [6.45, 7) is 0. The Morgan fingerprint density at radius 2 is 1.93 bits per heavy atom. The van der Waals surface area contributed by atoms with E-state index in [2.05, 4.69) is 0 Å². The average Bonchev–Trinajstić information content (AvgIpc) is 2.07. The van der Waals surface area contributed by atoms with Crippen LogP contribution in [0.25, 0.3) is 0 Å².